The second-order valence-electron chi connectivity index (χ2n) is 4.52. The Kier molecular flexibility index (Phi) is 3.93. The van der Waals surface area contributed by atoms with Crippen molar-refractivity contribution >= 4 is 11.6 Å². The van der Waals surface area contributed by atoms with Gasteiger partial charge in [0.15, 0.2) is 0 Å². The monoisotopic (exact) mass is 286 g/mol. The normalized spacial score (nSPS) is 18.4. The predicted octanol–water partition coefficient (Wildman–Crippen LogP) is 1.47. The number of nitrogens with zero attached hydrogens (tertiary/aromatic N) is 2. The summed E-state index contributed by atoms with van der Waals surface area (Å²) in [7, 11) is 0. The standard InChI is InChI=1S/C12H12F2N2O4/c13-9-5-10(14)11(16(19)20)4-8(9)12(18)15-3-1-2-7(15)6-17/h4-5,7,17H,1-3,6H2/t7-/m1/s1. The van der Waals surface area contributed by atoms with Gasteiger partial charge in [0.25, 0.3) is 5.91 Å². The van der Waals surface area contributed by atoms with Crippen LogP contribution in [0.1, 0.15) is 23.2 Å². The number of hydrogen-bond donors (Lipinski definition) is 1. The molecule has 0 saturated carbocycles. The Bertz CT molecular complexity index is 565. The van der Waals surface area contributed by atoms with E-state index in [4.69, 9.17) is 5.11 Å². The fourth-order valence-corrected chi connectivity index (χ4v) is 2.29. The maximum Gasteiger partial charge on any atom is 0.305 e. The highest BCUT2D eigenvalue weighted by Gasteiger charge is 2.32. The molecule has 0 unspecified atom stereocenters. The van der Waals surface area contributed by atoms with Crippen molar-refractivity contribution in [3.05, 3.63) is 39.4 Å². The number of rotatable bonds is 3. The minimum atomic E-state index is -1.33. The van der Waals surface area contributed by atoms with E-state index in [1.807, 2.05) is 0 Å². The predicted molar refractivity (Wildman–Crippen MR) is 64.2 cm³/mol. The largest absolute Gasteiger partial charge is 0.394 e. The molecule has 1 aromatic rings. The minimum Gasteiger partial charge on any atom is -0.394 e. The molecule has 6 nitrogen and oxygen atoms in total. The lowest BCUT2D eigenvalue weighted by Gasteiger charge is -2.23. The molecule has 108 valence electrons. The number of nitro benzene ring substituents is 1. The Balaban J connectivity index is 2.39. The zero-order chi connectivity index (χ0) is 14.9. The SMILES string of the molecule is O=C(c1cc([N+](=O)[O-])c(F)cc1F)N1CCC[C@@H]1CO. The Morgan fingerprint density at radius 1 is 1.45 bits per heavy atom. The summed E-state index contributed by atoms with van der Waals surface area (Å²) in [6.45, 7) is 0.0608. The average Bonchev–Trinajstić information content (AvgIpc) is 2.85. The van der Waals surface area contributed by atoms with Gasteiger partial charge in [0.1, 0.15) is 5.82 Å². The Labute approximate surface area is 112 Å². The molecule has 20 heavy (non-hydrogen) atoms. The molecule has 1 amide bonds. The van der Waals surface area contributed by atoms with E-state index in [9.17, 15) is 23.7 Å². The van der Waals surface area contributed by atoms with Crippen LogP contribution in [-0.4, -0.2) is 40.0 Å². The zero-order valence-electron chi connectivity index (χ0n) is 10.4. The highest BCUT2D eigenvalue weighted by Crippen LogP contribution is 2.25. The van der Waals surface area contributed by atoms with Gasteiger partial charge in [-0.25, -0.2) is 4.39 Å². The Morgan fingerprint density at radius 3 is 2.75 bits per heavy atom. The van der Waals surface area contributed by atoms with Crippen LogP contribution in [0.25, 0.3) is 0 Å². The van der Waals surface area contributed by atoms with E-state index in [2.05, 4.69) is 0 Å². The molecule has 1 aliphatic heterocycles. The maximum absolute atomic E-state index is 13.7. The van der Waals surface area contributed by atoms with Crippen LogP contribution in [0.2, 0.25) is 0 Å². The third-order valence-electron chi connectivity index (χ3n) is 3.31. The molecule has 8 heteroatoms. The molecule has 1 N–H and O–H groups in total. The number of carbonyl (C=O) groups excluding carboxylic acids is 1. The first-order chi connectivity index (χ1) is 9.45. The number of amides is 1. The number of likely N-dealkylation sites (tertiary alicyclic amines) is 1. The smallest absolute Gasteiger partial charge is 0.305 e. The molecular weight excluding hydrogens is 274 g/mol. The summed E-state index contributed by atoms with van der Waals surface area (Å²) in [5, 5.41) is 19.8. The molecule has 1 aromatic carbocycles. The number of nitro groups is 1. The Hall–Kier alpha value is -2.09. The van der Waals surface area contributed by atoms with Gasteiger partial charge in [-0.3, -0.25) is 14.9 Å². The van der Waals surface area contributed by atoms with Gasteiger partial charge in [-0.15, -0.1) is 0 Å². The quantitative estimate of drug-likeness (QED) is 0.673. The second kappa shape index (κ2) is 5.49. The van der Waals surface area contributed by atoms with Gasteiger partial charge < -0.3 is 10.0 Å². The van der Waals surface area contributed by atoms with Crippen molar-refractivity contribution in [2.75, 3.05) is 13.2 Å². The van der Waals surface area contributed by atoms with Crippen LogP contribution in [0, 0.1) is 21.7 Å². The Morgan fingerprint density at radius 2 is 2.15 bits per heavy atom. The highest BCUT2D eigenvalue weighted by molar-refractivity contribution is 5.95. The number of carbonyl (C=O) groups is 1. The molecule has 0 bridgehead atoms. The van der Waals surface area contributed by atoms with E-state index in [1.165, 1.54) is 4.90 Å². The molecule has 1 aliphatic rings. The van der Waals surface area contributed by atoms with Crippen LogP contribution < -0.4 is 0 Å². The number of hydrogen-bond acceptors (Lipinski definition) is 4. The summed E-state index contributed by atoms with van der Waals surface area (Å²) in [6.07, 6.45) is 1.23. The van der Waals surface area contributed by atoms with E-state index < -0.39 is 39.8 Å². The molecule has 1 saturated heterocycles. The van der Waals surface area contributed by atoms with Crippen LogP contribution in [0.5, 0.6) is 0 Å². The van der Waals surface area contributed by atoms with Crippen molar-refractivity contribution < 1.29 is 23.6 Å². The lowest BCUT2D eigenvalue weighted by atomic mass is 10.1. The fraction of sp³-hybridized carbons (Fsp3) is 0.417. The minimum absolute atomic E-state index is 0.267. The van der Waals surface area contributed by atoms with Gasteiger partial charge in [-0.2, -0.15) is 4.39 Å². The number of aliphatic hydroxyl groups excluding tert-OH is 1. The summed E-state index contributed by atoms with van der Waals surface area (Å²) in [4.78, 5) is 23.0. The van der Waals surface area contributed by atoms with Crippen LogP contribution in [-0.2, 0) is 0 Å². The van der Waals surface area contributed by atoms with Gasteiger partial charge >= 0.3 is 5.69 Å². The van der Waals surface area contributed by atoms with Crippen molar-refractivity contribution in [1.29, 1.82) is 0 Å². The summed E-state index contributed by atoms with van der Waals surface area (Å²) >= 11 is 0. The highest BCUT2D eigenvalue weighted by atomic mass is 19.1. The zero-order valence-corrected chi connectivity index (χ0v) is 10.4. The van der Waals surface area contributed by atoms with E-state index >= 15 is 0 Å². The van der Waals surface area contributed by atoms with Crippen molar-refractivity contribution in [2.24, 2.45) is 0 Å². The van der Waals surface area contributed by atoms with Crippen molar-refractivity contribution in [1.82, 2.24) is 4.90 Å². The molecule has 1 fully saturated rings. The molecule has 0 radical (unpaired) electrons. The second-order valence-corrected chi connectivity index (χ2v) is 4.52. The van der Waals surface area contributed by atoms with Gasteiger partial charge in [0, 0.05) is 18.7 Å². The van der Waals surface area contributed by atoms with Crippen LogP contribution in [0.4, 0.5) is 14.5 Å². The third-order valence-corrected chi connectivity index (χ3v) is 3.31. The first kappa shape index (κ1) is 14.3. The number of benzene rings is 1. The third kappa shape index (κ3) is 2.46. The van der Waals surface area contributed by atoms with Gasteiger partial charge in [0.05, 0.1) is 23.1 Å². The number of halogens is 2. The van der Waals surface area contributed by atoms with Crippen LogP contribution in [0.3, 0.4) is 0 Å². The van der Waals surface area contributed by atoms with Crippen LogP contribution >= 0.6 is 0 Å². The molecule has 0 aliphatic carbocycles. The summed E-state index contributed by atoms with van der Waals surface area (Å²) in [5.41, 5.74) is -1.51. The topological polar surface area (TPSA) is 83.7 Å². The van der Waals surface area contributed by atoms with Crippen molar-refractivity contribution in [3.63, 3.8) is 0 Å². The van der Waals surface area contributed by atoms with Gasteiger partial charge in [-0.1, -0.05) is 0 Å². The molecule has 0 spiro atoms. The van der Waals surface area contributed by atoms with Gasteiger partial charge in [-0.05, 0) is 12.8 Å². The lowest BCUT2D eigenvalue weighted by Crippen LogP contribution is -2.38. The lowest BCUT2D eigenvalue weighted by molar-refractivity contribution is -0.387. The molecule has 0 aromatic heterocycles. The van der Waals surface area contributed by atoms with Gasteiger partial charge in [0.2, 0.25) is 5.82 Å². The summed E-state index contributed by atoms with van der Waals surface area (Å²) < 4.78 is 26.9. The molecule has 2 rings (SSSR count). The summed E-state index contributed by atoms with van der Waals surface area (Å²) in [6, 6.07) is 0.487. The first-order valence-electron chi connectivity index (χ1n) is 6.01. The molecular formula is C12H12F2N2O4. The van der Waals surface area contributed by atoms with E-state index in [-0.39, 0.29) is 6.61 Å². The van der Waals surface area contributed by atoms with E-state index in [0.717, 1.165) is 0 Å². The fourth-order valence-electron chi connectivity index (χ4n) is 2.29. The maximum atomic E-state index is 13.7. The van der Waals surface area contributed by atoms with E-state index in [1.54, 1.807) is 0 Å². The average molecular weight is 286 g/mol. The molecule has 1 heterocycles. The summed E-state index contributed by atoms with van der Waals surface area (Å²) in [5.74, 6) is -3.26. The van der Waals surface area contributed by atoms with Crippen molar-refractivity contribution in [2.45, 2.75) is 18.9 Å². The van der Waals surface area contributed by atoms with Crippen molar-refractivity contribution in [3.8, 4) is 0 Å². The van der Waals surface area contributed by atoms with Crippen LogP contribution in [0.15, 0.2) is 12.1 Å². The van der Waals surface area contributed by atoms with E-state index in [0.29, 0.717) is 31.5 Å². The molecule has 1 atom stereocenters. The first-order valence-corrected chi connectivity index (χ1v) is 6.01. The number of aliphatic hydroxyl groups is 1.